The Morgan fingerprint density at radius 1 is 1.31 bits per heavy atom. The molecule has 1 saturated carbocycles. The molecule has 1 fully saturated rings. The van der Waals surface area contributed by atoms with Crippen molar-refractivity contribution >= 4 is 10.0 Å². The largest absolute Gasteiger partial charge is 0.225 e. The van der Waals surface area contributed by atoms with E-state index in [1.807, 2.05) is 0 Å². The van der Waals surface area contributed by atoms with Gasteiger partial charge in [-0.25, -0.2) is 13.1 Å². The summed E-state index contributed by atoms with van der Waals surface area (Å²) in [5, 5.41) is 8.31. The van der Waals surface area contributed by atoms with Crippen molar-refractivity contribution in [1.29, 1.82) is 5.26 Å². The maximum absolute atomic E-state index is 11.2. The Hall–Kier alpha value is -0.600. The van der Waals surface area contributed by atoms with E-state index in [-0.39, 0.29) is 0 Å². The minimum Gasteiger partial charge on any atom is -0.214 e. The highest BCUT2D eigenvalue weighted by atomic mass is 32.2. The van der Waals surface area contributed by atoms with Gasteiger partial charge in [-0.15, -0.1) is 0 Å². The van der Waals surface area contributed by atoms with Crippen molar-refractivity contribution < 1.29 is 8.42 Å². The summed E-state index contributed by atoms with van der Waals surface area (Å²) >= 11 is 0. The number of hydrogen-bond donors (Lipinski definition) is 1. The molecule has 1 N–H and O–H groups in total. The summed E-state index contributed by atoms with van der Waals surface area (Å²) in [7, 11) is -3.35. The minimum absolute atomic E-state index is 0.436. The number of rotatable bonds is 5. The Balaban J connectivity index is 2.19. The molecule has 16 heavy (non-hydrogen) atoms. The summed E-state index contributed by atoms with van der Waals surface area (Å²) in [5.41, 5.74) is 0. The molecule has 0 heterocycles. The topological polar surface area (TPSA) is 70.0 Å². The van der Waals surface area contributed by atoms with Crippen molar-refractivity contribution in [2.24, 2.45) is 11.8 Å². The molecule has 0 atom stereocenters. The van der Waals surface area contributed by atoms with Crippen LogP contribution in [0.1, 0.15) is 39.0 Å². The van der Waals surface area contributed by atoms with E-state index in [4.69, 9.17) is 5.26 Å². The standard InChI is InChI=1S/C11H20N2O2S/c1-10-2-4-11(5-3-10)6-8-13-16(14,15)9-7-12/h10-11,13H,2-6,8-9H2,1H3. The molecule has 0 spiro atoms. The second-order valence-electron chi connectivity index (χ2n) is 4.73. The fourth-order valence-corrected chi connectivity index (χ4v) is 2.87. The van der Waals surface area contributed by atoms with Crippen LogP contribution < -0.4 is 4.72 Å². The van der Waals surface area contributed by atoms with E-state index in [2.05, 4.69) is 11.6 Å². The fourth-order valence-electron chi connectivity index (χ4n) is 2.17. The van der Waals surface area contributed by atoms with Crippen molar-refractivity contribution in [3.05, 3.63) is 0 Å². The third-order valence-corrected chi connectivity index (χ3v) is 4.42. The molecule has 0 bridgehead atoms. The van der Waals surface area contributed by atoms with E-state index in [1.165, 1.54) is 25.7 Å². The number of nitrogens with one attached hydrogen (secondary N) is 1. The molecule has 0 aromatic heterocycles. The summed E-state index contributed by atoms with van der Waals surface area (Å²) in [5.74, 6) is 1.04. The molecule has 0 amide bonds. The Labute approximate surface area is 98.1 Å². The van der Waals surface area contributed by atoms with Crippen molar-refractivity contribution in [3.8, 4) is 6.07 Å². The van der Waals surface area contributed by atoms with Gasteiger partial charge in [0.15, 0.2) is 5.75 Å². The first-order valence-corrected chi connectivity index (χ1v) is 7.53. The highest BCUT2D eigenvalue weighted by Crippen LogP contribution is 2.29. The van der Waals surface area contributed by atoms with Crippen molar-refractivity contribution in [2.45, 2.75) is 39.0 Å². The first kappa shape index (κ1) is 13.5. The van der Waals surface area contributed by atoms with Crippen LogP contribution in [0.3, 0.4) is 0 Å². The van der Waals surface area contributed by atoms with Gasteiger partial charge in [0, 0.05) is 6.54 Å². The van der Waals surface area contributed by atoms with Crippen LogP contribution in [-0.4, -0.2) is 20.7 Å². The molecule has 0 radical (unpaired) electrons. The van der Waals surface area contributed by atoms with Crippen LogP contribution in [-0.2, 0) is 10.0 Å². The van der Waals surface area contributed by atoms with Crippen molar-refractivity contribution in [3.63, 3.8) is 0 Å². The second-order valence-corrected chi connectivity index (χ2v) is 6.53. The highest BCUT2D eigenvalue weighted by Gasteiger charge is 2.18. The van der Waals surface area contributed by atoms with E-state index in [9.17, 15) is 8.42 Å². The molecule has 1 aliphatic carbocycles. The van der Waals surface area contributed by atoms with E-state index < -0.39 is 15.8 Å². The van der Waals surface area contributed by atoms with Gasteiger partial charge < -0.3 is 0 Å². The molecular weight excluding hydrogens is 224 g/mol. The zero-order valence-electron chi connectivity index (χ0n) is 9.78. The Morgan fingerprint density at radius 2 is 1.94 bits per heavy atom. The molecule has 0 aliphatic heterocycles. The summed E-state index contributed by atoms with van der Waals surface area (Å²) in [4.78, 5) is 0. The average Bonchev–Trinajstić information content (AvgIpc) is 2.20. The van der Waals surface area contributed by atoms with Gasteiger partial charge in [0.2, 0.25) is 10.0 Å². The first-order valence-electron chi connectivity index (χ1n) is 5.88. The van der Waals surface area contributed by atoms with Crippen LogP contribution in [0.25, 0.3) is 0 Å². The maximum Gasteiger partial charge on any atom is 0.225 e. The van der Waals surface area contributed by atoms with Crippen LogP contribution in [0, 0.1) is 23.2 Å². The summed E-state index contributed by atoms with van der Waals surface area (Å²) in [6, 6.07) is 1.65. The van der Waals surface area contributed by atoms with E-state index in [1.54, 1.807) is 6.07 Å². The zero-order chi connectivity index (χ0) is 12.0. The molecule has 92 valence electrons. The van der Waals surface area contributed by atoms with Crippen molar-refractivity contribution in [1.82, 2.24) is 4.72 Å². The Bertz CT molecular complexity index is 337. The predicted octanol–water partition coefficient (Wildman–Crippen LogP) is 1.65. The smallest absolute Gasteiger partial charge is 0.214 e. The van der Waals surface area contributed by atoms with Gasteiger partial charge in [-0.05, 0) is 18.3 Å². The van der Waals surface area contributed by atoms with Crippen LogP contribution in [0.5, 0.6) is 0 Å². The lowest BCUT2D eigenvalue weighted by molar-refractivity contribution is 0.278. The lowest BCUT2D eigenvalue weighted by Gasteiger charge is -2.25. The first-order chi connectivity index (χ1) is 7.53. The van der Waals surface area contributed by atoms with Crippen LogP contribution >= 0.6 is 0 Å². The SMILES string of the molecule is CC1CCC(CCNS(=O)(=O)CC#N)CC1. The molecule has 0 saturated heterocycles. The molecule has 1 rings (SSSR count). The monoisotopic (exact) mass is 244 g/mol. The lowest BCUT2D eigenvalue weighted by atomic mass is 9.81. The number of nitrogens with zero attached hydrogens (tertiary/aromatic N) is 1. The predicted molar refractivity (Wildman–Crippen MR) is 63.1 cm³/mol. The van der Waals surface area contributed by atoms with Gasteiger partial charge >= 0.3 is 0 Å². The van der Waals surface area contributed by atoms with Gasteiger partial charge in [-0.2, -0.15) is 5.26 Å². The molecule has 0 unspecified atom stereocenters. The summed E-state index contributed by atoms with van der Waals surface area (Å²) in [6.07, 6.45) is 5.84. The minimum atomic E-state index is -3.35. The normalized spacial score (nSPS) is 26.2. The van der Waals surface area contributed by atoms with Gasteiger partial charge in [-0.3, -0.25) is 0 Å². The van der Waals surface area contributed by atoms with E-state index in [0.29, 0.717) is 12.5 Å². The van der Waals surface area contributed by atoms with Crippen LogP contribution in [0.2, 0.25) is 0 Å². The molecule has 4 nitrogen and oxygen atoms in total. The third kappa shape index (κ3) is 4.95. The van der Waals surface area contributed by atoms with E-state index >= 15 is 0 Å². The quantitative estimate of drug-likeness (QED) is 0.799. The van der Waals surface area contributed by atoms with Crippen LogP contribution in [0.4, 0.5) is 0 Å². The number of nitriles is 1. The lowest BCUT2D eigenvalue weighted by Crippen LogP contribution is -2.28. The molecule has 0 aromatic rings. The summed E-state index contributed by atoms with van der Waals surface area (Å²) in [6.45, 7) is 2.74. The van der Waals surface area contributed by atoms with Gasteiger partial charge in [0.25, 0.3) is 0 Å². The van der Waals surface area contributed by atoms with Gasteiger partial charge in [-0.1, -0.05) is 32.6 Å². The fraction of sp³-hybridized carbons (Fsp3) is 0.909. The highest BCUT2D eigenvalue weighted by molar-refractivity contribution is 7.89. The van der Waals surface area contributed by atoms with Crippen LogP contribution in [0.15, 0.2) is 0 Å². The Kier molecular flexibility index (Phi) is 5.23. The number of sulfonamides is 1. The Morgan fingerprint density at radius 3 is 2.50 bits per heavy atom. The number of hydrogen-bond acceptors (Lipinski definition) is 3. The molecule has 5 heteroatoms. The summed E-state index contributed by atoms with van der Waals surface area (Å²) < 4.78 is 24.8. The van der Waals surface area contributed by atoms with Gasteiger partial charge in [0.05, 0.1) is 6.07 Å². The van der Waals surface area contributed by atoms with Crippen molar-refractivity contribution in [2.75, 3.05) is 12.3 Å². The second kappa shape index (κ2) is 6.21. The zero-order valence-corrected chi connectivity index (χ0v) is 10.6. The molecule has 0 aromatic carbocycles. The average molecular weight is 244 g/mol. The van der Waals surface area contributed by atoms with Gasteiger partial charge in [0.1, 0.15) is 0 Å². The van der Waals surface area contributed by atoms with E-state index in [0.717, 1.165) is 12.3 Å². The molecule has 1 aliphatic rings. The third-order valence-electron chi connectivity index (χ3n) is 3.26. The molecular formula is C11H20N2O2S. The maximum atomic E-state index is 11.2.